The van der Waals surface area contributed by atoms with Crippen LogP contribution in [0.2, 0.25) is 0 Å². The molecule has 1 N–H and O–H groups in total. The number of H-pyrrole nitrogens is 1. The van der Waals surface area contributed by atoms with E-state index >= 15 is 0 Å². The number of nitrogens with zero attached hydrogens (tertiary/aromatic N) is 2. The molecule has 0 aliphatic heterocycles. The molecule has 0 saturated heterocycles. The Bertz CT molecular complexity index is 1330. The van der Waals surface area contributed by atoms with Crippen molar-refractivity contribution in [2.24, 2.45) is 0 Å². The smallest absolute Gasteiger partial charge is 0.270 e. The fourth-order valence-electron chi connectivity index (χ4n) is 3.23. The molecule has 33 heavy (non-hydrogen) atoms. The maximum atomic E-state index is 12.4. The van der Waals surface area contributed by atoms with Crippen LogP contribution in [0.3, 0.4) is 0 Å². The zero-order valence-corrected chi connectivity index (χ0v) is 18.8. The molecule has 0 amide bonds. The molecule has 4 aromatic rings. The molecule has 6 nitrogen and oxygen atoms in total. The molecule has 0 bridgehead atoms. The van der Waals surface area contributed by atoms with Gasteiger partial charge >= 0.3 is 0 Å². The van der Waals surface area contributed by atoms with Crippen LogP contribution in [-0.4, -0.2) is 16.2 Å². The second-order valence-electron chi connectivity index (χ2n) is 7.12. The predicted molar refractivity (Wildman–Crippen MR) is 128 cm³/mol. The summed E-state index contributed by atoms with van der Waals surface area (Å²) in [5.74, 6) is 1.09. The molecule has 7 heteroatoms. The minimum Gasteiger partial charge on any atom is -0.489 e. The van der Waals surface area contributed by atoms with Gasteiger partial charge in [0, 0.05) is 11.6 Å². The number of aromatic amines is 1. The molecule has 1 aromatic heterocycles. The van der Waals surface area contributed by atoms with Crippen LogP contribution in [0.25, 0.3) is 11.3 Å². The summed E-state index contributed by atoms with van der Waals surface area (Å²) >= 11 is 1.29. The lowest BCUT2D eigenvalue weighted by Crippen LogP contribution is -2.15. The summed E-state index contributed by atoms with van der Waals surface area (Å²) in [5, 5.41) is 10.0. The van der Waals surface area contributed by atoms with Crippen molar-refractivity contribution in [3.8, 4) is 28.8 Å². The lowest BCUT2D eigenvalue weighted by Gasteiger charge is -2.15. The van der Waals surface area contributed by atoms with Gasteiger partial charge in [-0.15, -0.1) is 0 Å². The van der Waals surface area contributed by atoms with Gasteiger partial charge in [0.1, 0.15) is 42.0 Å². The van der Waals surface area contributed by atoms with Crippen molar-refractivity contribution >= 4 is 11.8 Å². The summed E-state index contributed by atoms with van der Waals surface area (Å²) in [6, 6.07) is 26.9. The number of hydrogen-bond acceptors (Lipinski definition) is 6. The van der Waals surface area contributed by atoms with E-state index < -0.39 is 5.56 Å². The number of rotatable bonds is 8. The normalized spacial score (nSPS) is 10.4. The monoisotopic (exact) mass is 455 g/mol. The standard InChI is InChI=1S/C26H21N3O3S/c1-33-26-28-24(22(15-27)25(30)29-26)21-13-12-20(31-16-18-8-4-2-5-9-18)14-23(21)32-17-19-10-6-3-7-11-19/h2-14H,16-17H2,1H3,(H,28,29,30). The Hall–Kier alpha value is -4.02. The summed E-state index contributed by atoms with van der Waals surface area (Å²) < 4.78 is 12.1. The molecular weight excluding hydrogens is 434 g/mol. The molecule has 0 aliphatic rings. The Labute approximate surface area is 195 Å². The van der Waals surface area contributed by atoms with Gasteiger partial charge in [-0.1, -0.05) is 72.4 Å². The third kappa shape index (κ3) is 5.43. The highest BCUT2D eigenvalue weighted by atomic mass is 32.2. The second-order valence-corrected chi connectivity index (χ2v) is 7.91. The van der Waals surface area contributed by atoms with Crippen LogP contribution < -0.4 is 15.0 Å². The van der Waals surface area contributed by atoms with Crippen LogP contribution >= 0.6 is 11.8 Å². The van der Waals surface area contributed by atoms with Crippen molar-refractivity contribution in [3.63, 3.8) is 0 Å². The first-order valence-corrected chi connectivity index (χ1v) is 11.5. The second kappa shape index (κ2) is 10.5. The van der Waals surface area contributed by atoms with E-state index in [1.165, 1.54) is 11.8 Å². The van der Waals surface area contributed by atoms with Gasteiger partial charge in [0.2, 0.25) is 0 Å². The fourth-order valence-corrected chi connectivity index (χ4v) is 3.61. The quantitative estimate of drug-likeness (QED) is 0.291. The Morgan fingerprint density at radius 1 is 0.939 bits per heavy atom. The largest absolute Gasteiger partial charge is 0.489 e. The van der Waals surface area contributed by atoms with Crippen molar-refractivity contribution in [3.05, 3.63) is 106 Å². The minimum atomic E-state index is -0.481. The highest BCUT2D eigenvalue weighted by Gasteiger charge is 2.18. The van der Waals surface area contributed by atoms with E-state index in [1.54, 1.807) is 24.5 Å². The van der Waals surface area contributed by atoms with Gasteiger partial charge in [-0.05, 0) is 29.5 Å². The summed E-state index contributed by atoms with van der Waals surface area (Å²) in [5.41, 5.74) is 2.32. The number of nitriles is 1. The molecule has 164 valence electrons. The van der Waals surface area contributed by atoms with Gasteiger partial charge in [0.25, 0.3) is 5.56 Å². The Kier molecular flexibility index (Phi) is 7.08. The van der Waals surface area contributed by atoms with E-state index in [9.17, 15) is 10.1 Å². The van der Waals surface area contributed by atoms with Crippen LogP contribution in [0.5, 0.6) is 11.5 Å². The number of ether oxygens (including phenoxy) is 2. The van der Waals surface area contributed by atoms with E-state index in [-0.39, 0.29) is 11.3 Å². The maximum absolute atomic E-state index is 12.4. The van der Waals surface area contributed by atoms with E-state index in [1.807, 2.05) is 66.7 Å². The van der Waals surface area contributed by atoms with Crippen molar-refractivity contribution in [1.82, 2.24) is 9.97 Å². The van der Waals surface area contributed by atoms with E-state index in [2.05, 4.69) is 9.97 Å². The van der Waals surface area contributed by atoms with Crippen LogP contribution in [0.15, 0.2) is 88.8 Å². The molecule has 0 saturated carbocycles. The van der Waals surface area contributed by atoms with Gasteiger partial charge in [-0.2, -0.15) is 5.26 Å². The fraction of sp³-hybridized carbons (Fsp3) is 0.115. The van der Waals surface area contributed by atoms with E-state index in [4.69, 9.17) is 9.47 Å². The number of aromatic nitrogens is 2. The van der Waals surface area contributed by atoms with Gasteiger partial charge in [-0.3, -0.25) is 4.79 Å². The van der Waals surface area contributed by atoms with Gasteiger partial charge in [-0.25, -0.2) is 4.98 Å². The highest BCUT2D eigenvalue weighted by Crippen LogP contribution is 2.35. The summed E-state index contributed by atoms with van der Waals surface area (Å²) in [6.07, 6.45) is 1.81. The maximum Gasteiger partial charge on any atom is 0.270 e. The molecule has 0 atom stereocenters. The molecule has 0 radical (unpaired) electrons. The van der Waals surface area contributed by atoms with Crippen molar-refractivity contribution < 1.29 is 9.47 Å². The predicted octanol–water partition coefficient (Wildman–Crippen LogP) is 5.19. The highest BCUT2D eigenvalue weighted by molar-refractivity contribution is 7.98. The molecule has 1 heterocycles. The van der Waals surface area contributed by atoms with Crippen LogP contribution in [0.4, 0.5) is 0 Å². The molecule has 0 fully saturated rings. The molecule has 0 unspecified atom stereocenters. The van der Waals surface area contributed by atoms with Crippen LogP contribution in [0, 0.1) is 11.3 Å². The summed E-state index contributed by atoms with van der Waals surface area (Å²) in [4.78, 5) is 19.6. The van der Waals surface area contributed by atoms with Crippen molar-refractivity contribution in [2.75, 3.05) is 6.26 Å². The van der Waals surface area contributed by atoms with Crippen LogP contribution in [0.1, 0.15) is 16.7 Å². The third-order valence-electron chi connectivity index (χ3n) is 4.90. The summed E-state index contributed by atoms with van der Waals surface area (Å²) in [6.45, 7) is 0.720. The first-order valence-electron chi connectivity index (χ1n) is 10.2. The molecule has 0 spiro atoms. The third-order valence-corrected chi connectivity index (χ3v) is 5.48. The van der Waals surface area contributed by atoms with Crippen molar-refractivity contribution in [2.45, 2.75) is 18.4 Å². The Balaban J connectivity index is 1.72. The zero-order valence-electron chi connectivity index (χ0n) is 17.9. The lowest BCUT2D eigenvalue weighted by molar-refractivity contribution is 0.291. The molecule has 3 aromatic carbocycles. The first kappa shape index (κ1) is 22.2. The van der Waals surface area contributed by atoms with Gasteiger partial charge in [0.05, 0.1) is 0 Å². The van der Waals surface area contributed by atoms with Crippen molar-refractivity contribution in [1.29, 1.82) is 5.26 Å². The van der Waals surface area contributed by atoms with E-state index in [0.717, 1.165) is 11.1 Å². The SMILES string of the molecule is CSc1nc(-c2ccc(OCc3ccccc3)cc2OCc2ccccc2)c(C#N)c(=O)[nH]1. The average molecular weight is 456 g/mol. The Morgan fingerprint density at radius 2 is 1.58 bits per heavy atom. The lowest BCUT2D eigenvalue weighted by atomic mass is 10.1. The number of thioether (sulfide) groups is 1. The summed E-state index contributed by atoms with van der Waals surface area (Å²) in [7, 11) is 0. The Morgan fingerprint density at radius 3 is 2.18 bits per heavy atom. The number of hydrogen-bond donors (Lipinski definition) is 1. The zero-order chi connectivity index (χ0) is 23.0. The van der Waals surface area contributed by atoms with Gasteiger partial charge in [0.15, 0.2) is 5.16 Å². The van der Waals surface area contributed by atoms with E-state index in [0.29, 0.717) is 35.4 Å². The van der Waals surface area contributed by atoms with Gasteiger partial charge < -0.3 is 14.5 Å². The first-order chi connectivity index (χ1) is 16.2. The van der Waals surface area contributed by atoms with Crippen LogP contribution in [-0.2, 0) is 13.2 Å². The molecular formula is C26H21N3O3S. The minimum absolute atomic E-state index is 0.0599. The average Bonchev–Trinajstić information content (AvgIpc) is 2.87. The topological polar surface area (TPSA) is 88.0 Å². The number of nitrogens with one attached hydrogen (secondary N) is 1. The molecule has 4 rings (SSSR count). The number of benzene rings is 3. The molecule has 0 aliphatic carbocycles.